The number of para-hydroxylation sites is 1. The summed E-state index contributed by atoms with van der Waals surface area (Å²) in [4.78, 5) is 26.8. The molecule has 0 bridgehead atoms. The van der Waals surface area contributed by atoms with Crippen LogP contribution in [-0.4, -0.2) is 64.9 Å². The summed E-state index contributed by atoms with van der Waals surface area (Å²) in [6, 6.07) is 6.83. The maximum absolute atomic E-state index is 12.9. The van der Waals surface area contributed by atoms with Gasteiger partial charge in [-0.05, 0) is 30.9 Å². The van der Waals surface area contributed by atoms with Gasteiger partial charge in [-0.3, -0.25) is 9.59 Å². The summed E-state index contributed by atoms with van der Waals surface area (Å²) in [6.07, 6.45) is 2.30. The molecule has 1 aromatic rings. The van der Waals surface area contributed by atoms with Crippen LogP contribution in [0.2, 0.25) is 0 Å². The van der Waals surface area contributed by atoms with E-state index in [1.165, 1.54) is 6.92 Å². The Balaban J connectivity index is 1.72. The van der Waals surface area contributed by atoms with E-state index in [2.05, 4.69) is 5.32 Å². The molecule has 0 saturated heterocycles. The Bertz CT molecular complexity index is 804. The van der Waals surface area contributed by atoms with Crippen molar-refractivity contribution in [3.63, 3.8) is 0 Å². The van der Waals surface area contributed by atoms with Gasteiger partial charge in [0.2, 0.25) is 11.8 Å². The molecule has 0 spiro atoms. The van der Waals surface area contributed by atoms with Gasteiger partial charge in [0.05, 0.1) is 18.6 Å². The second-order valence-corrected chi connectivity index (χ2v) is 7.80. The van der Waals surface area contributed by atoms with E-state index in [9.17, 15) is 14.7 Å². The monoisotopic (exact) mass is 386 g/mol. The first-order valence-corrected chi connectivity index (χ1v) is 9.83. The Labute approximate surface area is 164 Å². The fourth-order valence-corrected chi connectivity index (χ4v) is 4.23. The first kappa shape index (κ1) is 19.0. The van der Waals surface area contributed by atoms with E-state index in [-0.39, 0.29) is 25.0 Å². The van der Waals surface area contributed by atoms with Crippen molar-refractivity contribution in [3.05, 3.63) is 41.5 Å². The Morgan fingerprint density at radius 1 is 1.29 bits per heavy atom. The van der Waals surface area contributed by atoms with Crippen molar-refractivity contribution in [2.24, 2.45) is 5.92 Å². The highest BCUT2D eigenvalue weighted by Gasteiger charge is 2.50. The van der Waals surface area contributed by atoms with Gasteiger partial charge in [0, 0.05) is 31.1 Å². The van der Waals surface area contributed by atoms with Crippen molar-refractivity contribution in [1.82, 2.24) is 10.2 Å². The number of nitrogens with zero attached hydrogens (tertiary/aromatic N) is 1. The molecule has 28 heavy (non-hydrogen) atoms. The van der Waals surface area contributed by atoms with Crippen LogP contribution < -0.4 is 10.1 Å². The maximum atomic E-state index is 12.9. The minimum absolute atomic E-state index is 0.128. The lowest BCUT2D eigenvalue weighted by Gasteiger charge is -2.40. The molecular weight excluding hydrogens is 360 g/mol. The number of carbonyl (C=O) groups is 2. The Kier molecular flexibility index (Phi) is 5.12. The van der Waals surface area contributed by atoms with Crippen LogP contribution in [0.5, 0.6) is 5.75 Å². The molecule has 0 radical (unpaired) electrons. The molecule has 7 heteroatoms. The van der Waals surface area contributed by atoms with Gasteiger partial charge >= 0.3 is 0 Å². The number of amides is 2. The SMILES string of the molecule is CC(=O)N(CC1CC1)C1C=C(C(=O)NCCO)C2c3ccccc3OC2C1O. The fraction of sp³-hybridized carbons (Fsp3) is 0.524. The van der Waals surface area contributed by atoms with E-state index in [0.717, 1.165) is 18.4 Å². The largest absolute Gasteiger partial charge is 0.486 e. The molecular formula is C21H26N2O5. The van der Waals surface area contributed by atoms with Crippen LogP contribution in [-0.2, 0) is 9.59 Å². The third-order valence-electron chi connectivity index (χ3n) is 5.79. The molecule has 1 aromatic carbocycles. The highest BCUT2D eigenvalue weighted by atomic mass is 16.5. The molecule has 1 saturated carbocycles. The summed E-state index contributed by atoms with van der Waals surface area (Å²) < 4.78 is 6.03. The summed E-state index contributed by atoms with van der Waals surface area (Å²) in [7, 11) is 0. The van der Waals surface area contributed by atoms with E-state index in [0.29, 0.717) is 23.8 Å². The molecule has 4 atom stereocenters. The quantitative estimate of drug-likeness (QED) is 0.664. The van der Waals surface area contributed by atoms with Gasteiger partial charge in [-0.25, -0.2) is 0 Å². The third-order valence-corrected chi connectivity index (χ3v) is 5.79. The number of ether oxygens (including phenoxy) is 1. The predicted octanol–water partition coefficient (Wildman–Crippen LogP) is 0.568. The maximum Gasteiger partial charge on any atom is 0.247 e. The van der Waals surface area contributed by atoms with Gasteiger partial charge in [0.1, 0.15) is 18.0 Å². The zero-order chi connectivity index (χ0) is 19.8. The summed E-state index contributed by atoms with van der Waals surface area (Å²) >= 11 is 0. The number of fused-ring (bicyclic) bond motifs is 3. The molecule has 2 aliphatic carbocycles. The number of aliphatic hydroxyl groups excluding tert-OH is 2. The first-order valence-electron chi connectivity index (χ1n) is 9.83. The second kappa shape index (κ2) is 7.56. The van der Waals surface area contributed by atoms with Crippen molar-refractivity contribution in [2.75, 3.05) is 19.7 Å². The van der Waals surface area contributed by atoms with Crippen molar-refractivity contribution >= 4 is 11.8 Å². The standard InChI is InChI=1S/C21H26N2O5/c1-12(25)23(11-13-6-7-13)16-10-15(21(27)22-8-9-24)18-14-4-2-3-5-17(14)28-20(18)19(16)26/h2-5,10,13,16,18-20,24,26H,6-9,11H2,1H3,(H,22,27). The number of hydrogen-bond acceptors (Lipinski definition) is 5. The number of carbonyl (C=O) groups excluding carboxylic acids is 2. The van der Waals surface area contributed by atoms with Crippen LogP contribution >= 0.6 is 0 Å². The molecule has 150 valence electrons. The second-order valence-electron chi connectivity index (χ2n) is 7.80. The average molecular weight is 386 g/mol. The van der Waals surface area contributed by atoms with E-state index < -0.39 is 24.2 Å². The minimum atomic E-state index is -0.936. The van der Waals surface area contributed by atoms with Gasteiger partial charge in [0.15, 0.2) is 0 Å². The van der Waals surface area contributed by atoms with E-state index >= 15 is 0 Å². The Morgan fingerprint density at radius 3 is 2.71 bits per heavy atom. The van der Waals surface area contributed by atoms with Crippen molar-refractivity contribution in [1.29, 1.82) is 0 Å². The lowest BCUT2D eigenvalue weighted by molar-refractivity contribution is -0.135. The average Bonchev–Trinajstić information content (AvgIpc) is 3.42. The van der Waals surface area contributed by atoms with E-state index in [4.69, 9.17) is 9.84 Å². The Hall–Kier alpha value is -2.38. The summed E-state index contributed by atoms with van der Waals surface area (Å²) in [5.41, 5.74) is 1.33. The molecule has 1 aliphatic heterocycles. The summed E-state index contributed by atoms with van der Waals surface area (Å²) in [5.74, 6) is 0.258. The predicted molar refractivity (Wildman–Crippen MR) is 102 cm³/mol. The zero-order valence-corrected chi connectivity index (χ0v) is 15.9. The molecule has 1 fully saturated rings. The normalized spacial score (nSPS) is 27.9. The number of aliphatic hydroxyl groups is 2. The molecule has 3 N–H and O–H groups in total. The molecule has 4 rings (SSSR count). The van der Waals surface area contributed by atoms with Crippen LogP contribution in [0.4, 0.5) is 0 Å². The Morgan fingerprint density at radius 2 is 2.04 bits per heavy atom. The number of nitrogens with one attached hydrogen (secondary N) is 1. The third kappa shape index (κ3) is 3.40. The molecule has 3 aliphatic rings. The van der Waals surface area contributed by atoms with Crippen LogP contribution in [0.3, 0.4) is 0 Å². The fourth-order valence-electron chi connectivity index (χ4n) is 4.23. The van der Waals surface area contributed by atoms with Crippen molar-refractivity contribution < 1.29 is 24.5 Å². The van der Waals surface area contributed by atoms with E-state index in [1.54, 1.807) is 11.0 Å². The van der Waals surface area contributed by atoms with Gasteiger partial charge in [-0.2, -0.15) is 0 Å². The lowest BCUT2D eigenvalue weighted by atomic mass is 9.77. The number of hydrogen-bond donors (Lipinski definition) is 3. The molecule has 1 heterocycles. The van der Waals surface area contributed by atoms with Crippen molar-refractivity contribution in [3.8, 4) is 5.75 Å². The molecule has 2 amide bonds. The zero-order valence-electron chi connectivity index (χ0n) is 15.9. The van der Waals surface area contributed by atoms with E-state index in [1.807, 2.05) is 24.3 Å². The summed E-state index contributed by atoms with van der Waals surface area (Å²) in [5, 5.41) is 22.9. The van der Waals surface area contributed by atoms with Gasteiger partial charge in [-0.1, -0.05) is 18.2 Å². The topological polar surface area (TPSA) is 99.1 Å². The van der Waals surface area contributed by atoms with Crippen LogP contribution in [0.15, 0.2) is 35.9 Å². The molecule has 0 aromatic heterocycles. The number of rotatable bonds is 6. The van der Waals surface area contributed by atoms with Crippen LogP contribution in [0, 0.1) is 5.92 Å². The van der Waals surface area contributed by atoms with Crippen molar-refractivity contribution in [2.45, 2.75) is 43.9 Å². The van der Waals surface area contributed by atoms with Gasteiger partial charge < -0.3 is 25.2 Å². The highest BCUT2D eigenvalue weighted by molar-refractivity contribution is 5.96. The number of benzene rings is 1. The van der Waals surface area contributed by atoms with Gasteiger partial charge in [0.25, 0.3) is 0 Å². The molecule has 4 unspecified atom stereocenters. The minimum Gasteiger partial charge on any atom is -0.486 e. The summed E-state index contributed by atoms with van der Waals surface area (Å²) in [6.45, 7) is 2.05. The highest BCUT2D eigenvalue weighted by Crippen LogP contribution is 2.47. The lowest BCUT2D eigenvalue weighted by Crippen LogP contribution is -2.55. The van der Waals surface area contributed by atoms with Crippen LogP contribution in [0.25, 0.3) is 0 Å². The molecule has 7 nitrogen and oxygen atoms in total. The first-order chi connectivity index (χ1) is 13.5. The smallest absolute Gasteiger partial charge is 0.247 e. The van der Waals surface area contributed by atoms with Gasteiger partial charge in [-0.15, -0.1) is 0 Å². The van der Waals surface area contributed by atoms with Crippen LogP contribution in [0.1, 0.15) is 31.2 Å².